The minimum Gasteiger partial charge on any atom is -0.349 e. The summed E-state index contributed by atoms with van der Waals surface area (Å²) in [7, 11) is -3.84. The van der Waals surface area contributed by atoms with Crippen LogP contribution in [-0.4, -0.2) is 20.4 Å². The molecule has 21 heavy (non-hydrogen) atoms. The summed E-state index contributed by atoms with van der Waals surface area (Å²) < 4.78 is 23.5. The number of rotatable bonds is 3. The fourth-order valence-corrected chi connectivity index (χ4v) is 3.74. The van der Waals surface area contributed by atoms with Gasteiger partial charge in [0.15, 0.2) is 0 Å². The Kier molecular flexibility index (Phi) is 5.06. The summed E-state index contributed by atoms with van der Waals surface area (Å²) >= 11 is 3.28. The molecule has 1 fully saturated rings. The van der Waals surface area contributed by atoms with Crippen molar-refractivity contribution < 1.29 is 13.2 Å². The molecule has 0 bridgehead atoms. The lowest BCUT2D eigenvalue weighted by Crippen LogP contribution is -2.36. The van der Waals surface area contributed by atoms with Crippen molar-refractivity contribution in [1.29, 1.82) is 0 Å². The third-order valence-corrected chi connectivity index (χ3v) is 5.55. The Morgan fingerprint density at radius 2 is 1.90 bits per heavy atom. The summed E-state index contributed by atoms with van der Waals surface area (Å²) in [4.78, 5) is 12.3. The Bertz CT molecular complexity index is 652. The largest absolute Gasteiger partial charge is 0.349 e. The summed E-state index contributed by atoms with van der Waals surface area (Å²) in [5.41, 5.74) is 1.05. The van der Waals surface area contributed by atoms with E-state index in [0.29, 0.717) is 15.6 Å². The maximum atomic E-state index is 12.4. The van der Waals surface area contributed by atoms with Gasteiger partial charge in [-0.25, -0.2) is 13.6 Å². The SMILES string of the molecule is Cc1c(Br)cc(S(N)(=O)=O)cc1C(=O)NC1CCCCC1. The normalized spacial score (nSPS) is 16.7. The van der Waals surface area contributed by atoms with E-state index in [0.717, 1.165) is 25.7 Å². The first-order chi connectivity index (χ1) is 9.79. The van der Waals surface area contributed by atoms with Crippen LogP contribution < -0.4 is 10.5 Å². The Balaban J connectivity index is 2.29. The van der Waals surface area contributed by atoms with Gasteiger partial charge in [0.05, 0.1) is 4.90 Å². The van der Waals surface area contributed by atoms with Gasteiger partial charge in [-0.2, -0.15) is 0 Å². The van der Waals surface area contributed by atoms with Crippen LogP contribution in [0.5, 0.6) is 0 Å². The van der Waals surface area contributed by atoms with Crippen molar-refractivity contribution in [1.82, 2.24) is 5.32 Å². The lowest BCUT2D eigenvalue weighted by molar-refractivity contribution is 0.0927. The highest BCUT2D eigenvalue weighted by atomic mass is 79.9. The number of carbonyl (C=O) groups is 1. The van der Waals surface area contributed by atoms with E-state index >= 15 is 0 Å². The zero-order valence-electron chi connectivity index (χ0n) is 11.9. The first-order valence-corrected chi connectivity index (χ1v) is 9.27. The second kappa shape index (κ2) is 6.46. The third-order valence-electron chi connectivity index (χ3n) is 3.83. The van der Waals surface area contributed by atoms with E-state index in [1.807, 2.05) is 0 Å². The smallest absolute Gasteiger partial charge is 0.251 e. The van der Waals surface area contributed by atoms with Crippen LogP contribution in [0.15, 0.2) is 21.5 Å². The van der Waals surface area contributed by atoms with E-state index in [1.165, 1.54) is 18.6 Å². The van der Waals surface area contributed by atoms with Gasteiger partial charge < -0.3 is 5.32 Å². The van der Waals surface area contributed by atoms with Crippen LogP contribution in [0.3, 0.4) is 0 Å². The quantitative estimate of drug-likeness (QED) is 0.851. The Labute approximate surface area is 133 Å². The summed E-state index contributed by atoms with van der Waals surface area (Å²) in [5.74, 6) is -0.245. The molecule has 0 spiro atoms. The lowest BCUT2D eigenvalue weighted by atomic mass is 9.95. The molecule has 0 heterocycles. The van der Waals surface area contributed by atoms with Crippen LogP contribution in [0.25, 0.3) is 0 Å². The van der Waals surface area contributed by atoms with E-state index in [-0.39, 0.29) is 16.8 Å². The topological polar surface area (TPSA) is 89.3 Å². The first-order valence-electron chi connectivity index (χ1n) is 6.93. The molecule has 0 radical (unpaired) electrons. The predicted octanol–water partition coefficient (Wildman–Crippen LogP) is 2.47. The molecule has 1 aliphatic rings. The van der Waals surface area contributed by atoms with Gasteiger partial charge in [0.2, 0.25) is 10.0 Å². The zero-order valence-corrected chi connectivity index (χ0v) is 14.3. The molecule has 0 saturated heterocycles. The fourth-order valence-electron chi connectivity index (χ4n) is 2.56. The number of primary sulfonamides is 1. The van der Waals surface area contributed by atoms with Crippen molar-refractivity contribution in [2.45, 2.75) is 50.0 Å². The average molecular weight is 375 g/mol. The van der Waals surface area contributed by atoms with Gasteiger partial charge in [-0.3, -0.25) is 4.79 Å². The van der Waals surface area contributed by atoms with E-state index in [9.17, 15) is 13.2 Å². The number of nitrogens with one attached hydrogen (secondary N) is 1. The molecule has 1 aromatic carbocycles. The molecule has 0 aromatic heterocycles. The molecule has 1 aliphatic carbocycles. The lowest BCUT2D eigenvalue weighted by Gasteiger charge is -2.23. The van der Waals surface area contributed by atoms with E-state index in [4.69, 9.17) is 5.14 Å². The Morgan fingerprint density at radius 3 is 2.48 bits per heavy atom. The number of halogens is 1. The average Bonchev–Trinajstić information content (AvgIpc) is 2.41. The van der Waals surface area contributed by atoms with Crippen LogP contribution in [0.1, 0.15) is 48.0 Å². The number of amides is 1. The van der Waals surface area contributed by atoms with Gasteiger partial charge in [-0.15, -0.1) is 0 Å². The third kappa shape index (κ3) is 4.05. The molecule has 3 N–H and O–H groups in total. The molecule has 7 heteroatoms. The molecular formula is C14H19BrN2O3S. The standard InChI is InChI=1S/C14H19BrN2O3S/c1-9-12(7-11(8-13(9)15)21(16,19)20)14(18)17-10-5-3-2-4-6-10/h7-8,10H,2-6H2,1H3,(H,17,18)(H2,16,19,20). The maximum absolute atomic E-state index is 12.4. The number of sulfonamides is 1. The highest BCUT2D eigenvalue weighted by Gasteiger charge is 2.21. The van der Waals surface area contributed by atoms with Crippen molar-refractivity contribution in [3.05, 3.63) is 27.7 Å². The minimum absolute atomic E-state index is 0.0613. The number of benzene rings is 1. The number of hydrogen-bond acceptors (Lipinski definition) is 3. The molecule has 2 rings (SSSR count). The Hall–Kier alpha value is -0.920. The second-order valence-corrected chi connectivity index (χ2v) is 7.85. The molecular weight excluding hydrogens is 356 g/mol. The highest BCUT2D eigenvalue weighted by molar-refractivity contribution is 9.10. The van der Waals surface area contributed by atoms with Crippen molar-refractivity contribution >= 4 is 31.9 Å². The summed E-state index contributed by atoms with van der Waals surface area (Å²) in [6, 6.07) is 2.93. The van der Waals surface area contributed by atoms with Crippen molar-refractivity contribution in [2.75, 3.05) is 0 Å². The van der Waals surface area contributed by atoms with E-state index in [2.05, 4.69) is 21.2 Å². The van der Waals surface area contributed by atoms with Gasteiger partial charge in [0.25, 0.3) is 5.91 Å². The molecule has 1 amide bonds. The monoisotopic (exact) mass is 374 g/mol. The van der Waals surface area contributed by atoms with Gasteiger partial charge in [-0.05, 0) is 37.5 Å². The first kappa shape index (κ1) is 16.5. The van der Waals surface area contributed by atoms with E-state index in [1.54, 1.807) is 6.92 Å². The van der Waals surface area contributed by atoms with Gasteiger partial charge >= 0.3 is 0 Å². The van der Waals surface area contributed by atoms with Crippen molar-refractivity contribution in [3.63, 3.8) is 0 Å². The van der Waals surface area contributed by atoms with Gasteiger partial charge in [-0.1, -0.05) is 35.2 Å². The summed E-state index contributed by atoms with van der Waals surface area (Å²) in [6.45, 7) is 1.77. The molecule has 1 aromatic rings. The predicted molar refractivity (Wildman–Crippen MR) is 84.6 cm³/mol. The van der Waals surface area contributed by atoms with Crippen LogP contribution >= 0.6 is 15.9 Å². The van der Waals surface area contributed by atoms with Gasteiger partial charge in [0, 0.05) is 16.1 Å². The van der Waals surface area contributed by atoms with Crippen LogP contribution in [0.4, 0.5) is 0 Å². The molecule has 0 aliphatic heterocycles. The molecule has 116 valence electrons. The summed E-state index contributed by atoms with van der Waals surface area (Å²) in [5, 5.41) is 8.14. The van der Waals surface area contributed by atoms with Crippen LogP contribution in [0.2, 0.25) is 0 Å². The Morgan fingerprint density at radius 1 is 1.29 bits per heavy atom. The maximum Gasteiger partial charge on any atom is 0.251 e. The second-order valence-electron chi connectivity index (χ2n) is 5.43. The number of hydrogen-bond donors (Lipinski definition) is 2. The molecule has 5 nitrogen and oxygen atoms in total. The molecule has 1 saturated carbocycles. The molecule has 0 unspecified atom stereocenters. The van der Waals surface area contributed by atoms with E-state index < -0.39 is 10.0 Å². The fraction of sp³-hybridized carbons (Fsp3) is 0.500. The van der Waals surface area contributed by atoms with Crippen LogP contribution in [-0.2, 0) is 10.0 Å². The number of carbonyl (C=O) groups excluding carboxylic acids is 1. The van der Waals surface area contributed by atoms with Crippen molar-refractivity contribution in [3.8, 4) is 0 Å². The highest BCUT2D eigenvalue weighted by Crippen LogP contribution is 2.25. The van der Waals surface area contributed by atoms with Gasteiger partial charge in [0.1, 0.15) is 0 Å². The summed E-state index contributed by atoms with van der Waals surface area (Å²) in [6.07, 6.45) is 5.38. The molecule has 0 atom stereocenters. The zero-order chi connectivity index (χ0) is 15.6. The van der Waals surface area contributed by atoms with Crippen molar-refractivity contribution in [2.24, 2.45) is 5.14 Å². The number of nitrogens with two attached hydrogens (primary N) is 1. The van der Waals surface area contributed by atoms with Crippen LogP contribution in [0, 0.1) is 6.92 Å². The minimum atomic E-state index is -3.84.